The SMILES string of the molecule is CN1CCC(NC(=O)c2cnc(Cl)c3ccccc23)C1. The highest BCUT2D eigenvalue weighted by molar-refractivity contribution is 6.34. The number of amides is 1. The molecule has 0 radical (unpaired) electrons. The number of nitrogens with one attached hydrogen (secondary N) is 1. The van der Waals surface area contributed by atoms with Crippen molar-refractivity contribution in [3.05, 3.63) is 41.2 Å². The van der Waals surface area contributed by atoms with Gasteiger partial charge in [0.2, 0.25) is 0 Å². The molecule has 1 saturated heterocycles. The maximum atomic E-state index is 12.4. The molecule has 2 aromatic rings. The third-order valence-corrected chi connectivity index (χ3v) is 4.02. The molecule has 20 heavy (non-hydrogen) atoms. The lowest BCUT2D eigenvalue weighted by Gasteiger charge is -2.14. The van der Waals surface area contributed by atoms with Gasteiger partial charge in [-0.25, -0.2) is 4.98 Å². The van der Waals surface area contributed by atoms with E-state index in [0.29, 0.717) is 10.7 Å². The molecule has 1 amide bonds. The first-order valence-electron chi connectivity index (χ1n) is 6.68. The van der Waals surface area contributed by atoms with Gasteiger partial charge in [-0.05, 0) is 25.4 Å². The fraction of sp³-hybridized carbons (Fsp3) is 0.333. The summed E-state index contributed by atoms with van der Waals surface area (Å²) in [6.07, 6.45) is 2.54. The highest BCUT2D eigenvalue weighted by Gasteiger charge is 2.22. The van der Waals surface area contributed by atoms with Crippen molar-refractivity contribution in [3.8, 4) is 0 Å². The minimum atomic E-state index is -0.0781. The molecule has 4 nitrogen and oxygen atoms in total. The molecule has 1 aromatic carbocycles. The van der Waals surface area contributed by atoms with Crippen LogP contribution in [0.2, 0.25) is 5.15 Å². The van der Waals surface area contributed by atoms with E-state index in [1.54, 1.807) is 6.20 Å². The second-order valence-corrected chi connectivity index (χ2v) is 5.59. The number of carbonyl (C=O) groups excluding carboxylic acids is 1. The summed E-state index contributed by atoms with van der Waals surface area (Å²) in [6, 6.07) is 7.79. The van der Waals surface area contributed by atoms with Gasteiger partial charge in [0.05, 0.1) is 5.56 Å². The molecule has 0 aliphatic carbocycles. The quantitative estimate of drug-likeness (QED) is 0.863. The first-order chi connectivity index (χ1) is 9.65. The summed E-state index contributed by atoms with van der Waals surface area (Å²) < 4.78 is 0. The smallest absolute Gasteiger partial charge is 0.253 e. The van der Waals surface area contributed by atoms with Gasteiger partial charge in [0.25, 0.3) is 5.91 Å². The largest absolute Gasteiger partial charge is 0.348 e. The molecule has 5 heteroatoms. The maximum absolute atomic E-state index is 12.4. The van der Waals surface area contributed by atoms with E-state index in [4.69, 9.17) is 11.6 Å². The van der Waals surface area contributed by atoms with Crippen LogP contribution in [0.1, 0.15) is 16.8 Å². The molecule has 1 aromatic heterocycles. The van der Waals surface area contributed by atoms with E-state index < -0.39 is 0 Å². The van der Waals surface area contributed by atoms with Gasteiger partial charge in [0.1, 0.15) is 5.15 Å². The van der Waals surface area contributed by atoms with Gasteiger partial charge in [-0.3, -0.25) is 4.79 Å². The Kier molecular flexibility index (Phi) is 3.59. The number of fused-ring (bicyclic) bond motifs is 1. The zero-order valence-electron chi connectivity index (χ0n) is 11.3. The van der Waals surface area contributed by atoms with Gasteiger partial charge < -0.3 is 10.2 Å². The second-order valence-electron chi connectivity index (χ2n) is 5.23. The van der Waals surface area contributed by atoms with Crippen molar-refractivity contribution >= 4 is 28.3 Å². The minimum absolute atomic E-state index is 0.0781. The summed E-state index contributed by atoms with van der Waals surface area (Å²) in [5.41, 5.74) is 0.583. The Balaban J connectivity index is 1.90. The number of likely N-dealkylation sites (tertiary alicyclic amines) is 1. The number of aromatic nitrogens is 1. The number of rotatable bonds is 2. The summed E-state index contributed by atoms with van der Waals surface area (Å²) in [7, 11) is 2.06. The molecular formula is C15H16ClN3O. The summed E-state index contributed by atoms with van der Waals surface area (Å²) in [5, 5.41) is 5.16. The number of nitrogens with zero attached hydrogens (tertiary/aromatic N) is 2. The summed E-state index contributed by atoms with van der Waals surface area (Å²) in [5.74, 6) is -0.0781. The van der Waals surface area contributed by atoms with Crippen LogP contribution in [-0.2, 0) is 0 Å². The Morgan fingerprint density at radius 2 is 2.15 bits per heavy atom. The monoisotopic (exact) mass is 289 g/mol. The van der Waals surface area contributed by atoms with E-state index >= 15 is 0 Å². The first kappa shape index (κ1) is 13.3. The van der Waals surface area contributed by atoms with E-state index in [9.17, 15) is 4.79 Å². The van der Waals surface area contributed by atoms with Gasteiger partial charge in [-0.2, -0.15) is 0 Å². The number of carbonyl (C=O) groups is 1. The number of halogens is 1. The first-order valence-corrected chi connectivity index (χ1v) is 7.05. The molecule has 104 valence electrons. The Hall–Kier alpha value is -1.65. The van der Waals surface area contributed by atoms with Crippen LogP contribution in [0.3, 0.4) is 0 Å². The van der Waals surface area contributed by atoms with Crippen molar-refractivity contribution in [1.82, 2.24) is 15.2 Å². The van der Waals surface area contributed by atoms with E-state index in [2.05, 4.69) is 22.2 Å². The van der Waals surface area contributed by atoms with Crippen molar-refractivity contribution in [1.29, 1.82) is 0 Å². The molecule has 0 saturated carbocycles. The van der Waals surface area contributed by atoms with E-state index in [-0.39, 0.29) is 11.9 Å². The van der Waals surface area contributed by atoms with Gasteiger partial charge in [0, 0.05) is 24.2 Å². The van der Waals surface area contributed by atoms with Crippen LogP contribution >= 0.6 is 11.6 Å². The van der Waals surface area contributed by atoms with E-state index in [1.807, 2.05) is 24.3 Å². The van der Waals surface area contributed by atoms with Gasteiger partial charge in [-0.15, -0.1) is 0 Å². The van der Waals surface area contributed by atoms with Crippen LogP contribution in [0, 0.1) is 0 Å². The number of hydrogen-bond acceptors (Lipinski definition) is 3. The fourth-order valence-corrected chi connectivity index (χ4v) is 2.87. The lowest BCUT2D eigenvalue weighted by molar-refractivity contribution is 0.0940. The molecule has 1 N–H and O–H groups in total. The van der Waals surface area contributed by atoms with Crippen molar-refractivity contribution in [3.63, 3.8) is 0 Å². The van der Waals surface area contributed by atoms with Crippen LogP contribution in [-0.4, -0.2) is 42.0 Å². The van der Waals surface area contributed by atoms with Crippen LogP contribution < -0.4 is 5.32 Å². The summed E-state index contributed by atoms with van der Waals surface area (Å²) >= 11 is 6.07. The Morgan fingerprint density at radius 3 is 2.85 bits per heavy atom. The number of benzene rings is 1. The predicted molar refractivity (Wildman–Crippen MR) is 80.1 cm³/mol. The van der Waals surface area contributed by atoms with Crippen molar-refractivity contribution in [2.75, 3.05) is 20.1 Å². The average molecular weight is 290 g/mol. The molecule has 3 rings (SSSR count). The predicted octanol–water partition coefficient (Wildman–Crippen LogP) is 2.32. The van der Waals surface area contributed by atoms with Crippen LogP contribution in [0.4, 0.5) is 0 Å². The minimum Gasteiger partial charge on any atom is -0.348 e. The zero-order valence-corrected chi connectivity index (χ0v) is 12.0. The molecule has 1 aliphatic heterocycles. The topological polar surface area (TPSA) is 45.2 Å². The third-order valence-electron chi connectivity index (χ3n) is 3.72. The number of hydrogen-bond donors (Lipinski definition) is 1. The van der Waals surface area contributed by atoms with E-state index in [0.717, 1.165) is 30.3 Å². The average Bonchev–Trinajstić information content (AvgIpc) is 2.84. The fourth-order valence-electron chi connectivity index (χ4n) is 2.66. The van der Waals surface area contributed by atoms with E-state index in [1.165, 1.54) is 0 Å². The van der Waals surface area contributed by atoms with Crippen LogP contribution in [0.15, 0.2) is 30.5 Å². The highest BCUT2D eigenvalue weighted by atomic mass is 35.5. The lowest BCUT2D eigenvalue weighted by atomic mass is 10.1. The maximum Gasteiger partial charge on any atom is 0.253 e. The second kappa shape index (κ2) is 5.38. The third kappa shape index (κ3) is 2.49. The van der Waals surface area contributed by atoms with Crippen LogP contribution in [0.25, 0.3) is 10.8 Å². The Morgan fingerprint density at radius 1 is 1.40 bits per heavy atom. The molecule has 1 aliphatic rings. The summed E-state index contributed by atoms with van der Waals surface area (Å²) in [6.45, 7) is 1.91. The molecule has 2 heterocycles. The van der Waals surface area contributed by atoms with Crippen molar-refractivity contribution in [2.24, 2.45) is 0 Å². The molecule has 0 spiro atoms. The van der Waals surface area contributed by atoms with Gasteiger partial charge in [0.15, 0.2) is 0 Å². The van der Waals surface area contributed by atoms with Gasteiger partial charge in [-0.1, -0.05) is 35.9 Å². The van der Waals surface area contributed by atoms with Gasteiger partial charge >= 0.3 is 0 Å². The number of pyridine rings is 1. The zero-order chi connectivity index (χ0) is 14.1. The molecule has 1 fully saturated rings. The van der Waals surface area contributed by atoms with Crippen molar-refractivity contribution in [2.45, 2.75) is 12.5 Å². The standard InChI is InChI=1S/C15H16ClN3O/c1-19-7-6-10(9-19)18-15(20)13-8-17-14(16)12-5-3-2-4-11(12)13/h2-5,8,10H,6-7,9H2,1H3,(H,18,20). The summed E-state index contributed by atoms with van der Waals surface area (Å²) in [4.78, 5) is 18.7. The lowest BCUT2D eigenvalue weighted by Crippen LogP contribution is -2.36. The Labute approximate surface area is 122 Å². The highest BCUT2D eigenvalue weighted by Crippen LogP contribution is 2.24. The number of likely N-dealkylation sites (N-methyl/N-ethyl adjacent to an activating group) is 1. The molecule has 1 unspecified atom stereocenters. The molecule has 1 atom stereocenters. The van der Waals surface area contributed by atoms with Crippen molar-refractivity contribution < 1.29 is 4.79 Å². The Bertz CT molecular complexity index is 659. The normalized spacial score (nSPS) is 19.4. The molecular weight excluding hydrogens is 274 g/mol. The van der Waals surface area contributed by atoms with Crippen LogP contribution in [0.5, 0.6) is 0 Å². The molecule has 0 bridgehead atoms.